The Hall–Kier alpha value is -0.0969. The number of rotatable bonds is 8. The maximum Gasteiger partial charge on any atom is 4.00 e. The molecule has 0 aromatic heterocycles. The van der Waals surface area contributed by atoms with Crippen LogP contribution in [0.15, 0.2) is 0 Å². The van der Waals surface area contributed by atoms with Gasteiger partial charge < -0.3 is 25.2 Å². The van der Waals surface area contributed by atoms with E-state index >= 15 is 0 Å². The molecule has 136 valence electrons. The van der Waals surface area contributed by atoms with Gasteiger partial charge in [0, 0.05) is 12.4 Å². The van der Waals surface area contributed by atoms with Gasteiger partial charge in [0.1, 0.15) is 5.78 Å². The number of ketones is 1. The molecule has 0 N–H and O–H groups in total. The zero-order valence-corrected chi connectivity index (χ0v) is 17.5. The molecule has 0 amide bonds. The van der Waals surface area contributed by atoms with Crippen molar-refractivity contribution in [2.75, 3.05) is 19.8 Å². The standard InChI is InChI=1S/C4H6O3.3C4H9O.Zr/c1-3(5)2-4(6)7;3*1-2-3-4-5;/h2H2,1H3,(H,6,7);3*2-4H2,1H3;/q;3*-1;+4/p-1. The van der Waals surface area contributed by atoms with Gasteiger partial charge in [-0.3, -0.25) is 4.79 Å². The maximum atomic E-state index is 9.83. The van der Waals surface area contributed by atoms with Crippen LogP contribution in [0.3, 0.4) is 0 Å². The Labute approximate surface area is 160 Å². The molecule has 0 bridgehead atoms. The molecule has 0 aromatic carbocycles. The molecule has 6 nitrogen and oxygen atoms in total. The smallest absolute Gasteiger partial charge is 0.854 e. The van der Waals surface area contributed by atoms with Gasteiger partial charge in [-0.2, -0.15) is 0 Å². The number of hydrogen-bond donors (Lipinski definition) is 0. The van der Waals surface area contributed by atoms with Crippen molar-refractivity contribution in [2.45, 2.75) is 72.6 Å². The van der Waals surface area contributed by atoms with Crippen molar-refractivity contribution in [3.63, 3.8) is 0 Å². The monoisotopic (exact) mass is 410 g/mol. The Bertz CT molecular complexity index is 180. The molecule has 0 saturated carbocycles. The summed E-state index contributed by atoms with van der Waals surface area (Å²) in [4.78, 5) is 19.3. The maximum absolute atomic E-state index is 9.83. The molecule has 0 aliphatic rings. The number of aliphatic carboxylic acids is 1. The summed E-state index contributed by atoms with van der Waals surface area (Å²) in [5.41, 5.74) is 0. The van der Waals surface area contributed by atoms with Gasteiger partial charge in [-0.05, 0) is 6.92 Å². The molecule has 0 heterocycles. The Morgan fingerprint density at radius 1 is 0.739 bits per heavy atom. The van der Waals surface area contributed by atoms with Crippen molar-refractivity contribution in [3.8, 4) is 0 Å². The third-order valence-corrected chi connectivity index (χ3v) is 1.89. The first-order valence-corrected chi connectivity index (χ1v) is 7.81. The molecule has 0 unspecified atom stereocenters. The fourth-order valence-electron chi connectivity index (χ4n) is 0.636. The van der Waals surface area contributed by atoms with E-state index in [0.29, 0.717) is 0 Å². The minimum absolute atomic E-state index is 0. The Kier molecular flexibility index (Phi) is 56.4. The summed E-state index contributed by atoms with van der Waals surface area (Å²) in [7, 11) is 0. The molecule has 7 heteroatoms. The minimum atomic E-state index is -1.31. The number of hydrogen-bond acceptors (Lipinski definition) is 6. The van der Waals surface area contributed by atoms with E-state index in [1.54, 1.807) is 0 Å². The van der Waals surface area contributed by atoms with Gasteiger partial charge in [-0.15, -0.1) is 19.8 Å². The summed E-state index contributed by atoms with van der Waals surface area (Å²) in [5.74, 6) is -1.69. The molecule has 0 aliphatic heterocycles. The zero-order chi connectivity index (χ0) is 18.2. The molecule has 0 atom stereocenters. The van der Waals surface area contributed by atoms with Crippen LogP contribution in [-0.2, 0) is 35.8 Å². The van der Waals surface area contributed by atoms with Gasteiger partial charge in [-0.25, -0.2) is 0 Å². The first-order chi connectivity index (χ1) is 10.4. The zero-order valence-electron chi connectivity index (χ0n) is 15.0. The third kappa shape index (κ3) is 88.5. The van der Waals surface area contributed by atoms with Crippen molar-refractivity contribution < 1.29 is 56.2 Å². The Morgan fingerprint density at radius 3 is 1.00 bits per heavy atom. The second kappa shape index (κ2) is 37.8. The fraction of sp³-hybridized carbons (Fsp3) is 0.875. The van der Waals surface area contributed by atoms with Crippen LogP contribution < -0.4 is 20.4 Å². The summed E-state index contributed by atoms with van der Waals surface area (Å²) in [5, 5.41) is 38.1. The van der Waals surface area contributed by atoms with Gasteiger partial charge in [-0.1, -0.05) is 59.3 Å². The predicted octanol–water partition coefficient (Wildman–Crippen LogP) is -0.847. The summed E-state index contributed by atoms with van der Waals surface area (Å²) >= 11 is 0. The van der Waals surface area contributed by atoms with E-state index in [1.807, 2.05) is 20.8 Å². The Morgan fingerprint density at radius 2 is 1.00 bits per heavy atom. The van der Waals surface area contributed by atoms with Gasteiger partial charge in [0.15, 0.2) is 0 Å². The van der Waals surface area contributed by atoms with E-state index < -0.39 is 12.4 Å². The quantitative estimate of drug-likeness (QED) is 0.479. The number of carbonyl (C=O) groups excluding carboxylic acids is 2. The first kappa shape index (κ1) is 34.3. The second-order valence-corrected chi connectivity index (χ2v) is 4.42. The van der Waals surface area contributed by atoms with E-state index in [-0.39, 0.29) is 51.8 Å². The van der Waals surface area contributed by atoms with E-state index in [9.17, 15) is 30.0 Å². The van der Waals surface area contributed by atoms with Crippen LogP contribution in [0.4, 0.5) is 0 Å². The molecule has 0 aliphatic carbocycles. The van der Waals surface area contributed by atoms with Gasteiger partial charge in [0.25, 0.3) is 0 Å². The summed E-state index contributed by atoms with van der Waals surface area (Å²) in [6, 6.07) is 0. The number of carboxylic acid groups (broad SMARTS) is 1. The molecule has 0 saturated heterocycles. The average molecular weight is 412 g/mol. The fourth-order valence-corrected chi connectivity index (χ4v) is 0.636. The van der Waals surface area contributed by atoms with Gasteiger partial charge in [0.05, 0.1) is 0 Å². The predicted molar refractivity (Wildman–Crippen MR) is 79.6 cm³/mol. The SMILES string of the molecule is CC(=O)CC(=O)[O-].CCCC[O-].CCCC[O-].CCCC[O-].[Zr+4]. The molecule has 0 fully saturated rings. The molecule has 0 aromatic rings. The molecule has 0 rings (SSSR count). The van der Waals surface area contributed by atoms with Gasteiger partial charge in [0.2, 0.25) is 0 Å². The molecular weight excluding hydrogens is 379 g/mol. The van der Waals surface area contributed by atoms with Crippen LogP contribution in [0.1, 0.15) is 72.6 Å². The summed E-state index contributed by atoms with van der Waals surface area (Å²) in [6.45, 7) is 7.52. The first-order valence-electron chi connectivity index (χ1n) is 7.81. The van der Waals surface area contributed by atoms with Crippen LogP contribution in [0.5, 0.6) is 0 Å². The Balaban J connectivity index is -0.0000000625. The van der Waals surface area contributed by atoms with Crippen molar-refractivity contribution in [1.29, 1.82) is 0 Å². The normalized spacial score (nSPS) is 7.96. The number of carboxylic acids is 1. The number of carbonyl (C=O) groups is 2. The summed E-state index contributed by atoms with van der Waals surface area (Å²) in [6.07, 6.45) is 5.12. The number of unbranched alkanes of at least 4 members (excludes halogenated alkanes) is 3. The van der Waals surface area contributed by atoms with Crippen molar-refractivity contribution in [2.24, 2.45) is 0 Å². The summed E-state index contributed by atoms with van der Waals surface area (Å²) < 4.78 is 0. The van der Waals surface area contributed by atoms with Crippen molar-refractivity contribution in [3.05, 3.63) is 0 Å². The third-order valence-electron chi connectivity index (χ3n) is 1.89. The second-order valence-electron chi connectivity index (χ2n) is 4.42. The van der Waals surface area contributed by atoms with Crippen LogP contribution >= 0.6 is 0 Å². The minimum Gasteiger partial charge on any atom is -0.854 e. The topological polar surface area (TPSA) is 126 Å². The van der Waals surface area contributed by atoms with E-state index in [4.69, 9.17) is 0 Å². The van der Waals surface area contributed by atoms with Crippen molar-refractivity contribution in [1.82, 2.24) is 0 Å². The van der Waals surface area contributed by atoms with Crippen LogP contribution in [0, 0.1) is 0 Å². The van der Waals surface area contributed by atoms with Crippen LogP contribution in [0.25, 0.3) is 0 Å². The van der Waals surface area contributed by atoms with Crippen LogP contribution in [-0.4, -0.2) is 31.6 Å². The molecule has 0 spiro atoms. The van der Waals surface area contributed by atoms with E-state index in [0.717, 1.165) is 38.5 Å². The largest absolute Gasteiger partial charge is 4.00 e. The van der Waals surface area contributed by atoms with E-state index in [2.05, 4.69) is 0 Å². The molecular formula is C16H32O6Zr. The van der Waals surface area contributed by atoms with Gasteiger partial charge >= 0.3 is 26.2 Å². The number of Topliss-reactive ketones (excluding diaryl/α,β-unsaturated/α-hetero) is 1. The van der Waals surface area contributed by atoms with Crippen molar-refractivity contribution >= 4 is 11.8 Å². The average Bonchev–Trinajstić information content (AvgIpc) is 2.42. The molecule has 0 radical (unpaired) electrons. The molecule has 23 heavy (non-hydrogen) atoms. The van der Waals surface area contributed by atoms with E-state index in [1.165, 1.54) is 6.92 Å². The van der Waals surface area contributed by atoms with Crippen LogP contribution in [0.2, 0.25) is 0 Å².